The normalized spacial score (nSPS) is 11.1. The molecule has 1 amide bonds. The predicted molar refractivity (Wildman–Crippen MR) is 69.6 cm³/mol. The van der Waals surface area contributed by atoms with Gasteiger partial charge in [-0.15, -0.1) is 0 Å². The number of carbonyl (C=O) groups is 1. The van der Waals surface area contributed by atoms with Crippen LogP contribution in [0.15, 0.2) is 24.3 Å². The molecule has 0 saturated heterocycles. The van der Waals surface area contributed by atoms with Gasteiger partial charge < -0.3 is 9.84 Å². The van der Waals surface area contributed by atoms with Crippen molar-refractivity contribution in [3.05, 3.63) is 29.8 Å². The van der Waals surface area contributed by atoms with Crippen LogP contribution in [0.2, 0.25) is 0 Å². The fraction of sp³-hybridized carbons (Fsp3) is 0.300. The second kappa shape index (κ2) is 6.89. The molecular formula is C10H13BrNO5P. The average molecular weight is 338 g/mol. The molecule has 0 heterocycles. The number of hydrogen-bond donors (Lipinski definition) is 3. The van der Waals surface area contributed by atoms with Crippen molar-refractivity contribution in [3.8, 4) is 5.75 Å². The third-order valence-corrected chi connectivity index (χ3v) is 2.96. The highest BCUT2D eigenvalue weighted by molar-refractivity contribution is 9.09. The summed E-state index contributed by atoms with van der Waals surface area (Å²) in [4.78, 5) is 28.2. The highest BCUT2D eigenvalue weighted by Gasteiger charge is 2.15. The summed E-state index contributed by atoms with van der Waals surface area (Å²) in [5, 5.41) is 2.96. The molecule has 0 spiro atoms. The van der Waals surface area contributed by atoms with Crippen LogP contribution in [0.5, 0.6) is 5.75 Å². The van der Waals surface area contributed by atoms with Gasteiger partial charge >= 0.3 is 7.82 Å². The Balaban J connectivity index is 2.45. The van der Waals surface area contributed by atoms with E-state index in [2.05, 4.69) is 25.8 Å². The molecule has 6 nitrogen and oxygen atoms in total. The second-order valence-corrected chi connectivity index (χ2v) is 5.18. The Morgan fingerprint density at radius 3 is 2.44 bits per heavy atom. The third-order valence-electron chi connectivity index (χ3n) is 2.00. The number of halogens is 1. The first-order valence-corrected chi connectivity index (χ1v) is 7.72. The molecule has 0 aromatic heterocycles. The van der Waals surface area contributed by atoms with Gasteiger partial charge in [-0.2, -0.15) is 0 Å². The maximum Gasteiger partial charge on any atom is 0.524 e. The van der Waals surface area contributed by atoms with Crippen molar-refractivity contribution in [2.24, 2.45) is 0 Å². The number of phosphoric acid groups is 1. The van der Waals surface area contributed by atoms with Crippen LogP contribution >= 0.6 is 23.8 Å². The minimum atomic E-state index is -4.50. The SMILES string of the molecule is O=C(CBr)NCCc1ccc(OP(=O)(O)O)cc1. The molecule has 1 aromatic carbocycles. The molecule has 100 valence electrons. The van der Waals surface area contributed by atoms with Crippen LogP contribution < -0.4 is 9.84 Å². The predicted octanol–water partition coefficient (Wildman–Crippen LogP) is 1.21. The van der Waals surface area contributed by atoms with Crippen molar-refractivity contribution < 1.29 is 23.7 Å². The van der Waals surface area contributed by atoms with E-state index in [0.717, 1.165) is 5.56 Å². The third kappa shape index (κ3) is 6.16. The van der Waals surface area contributed by atoms with Gasteiger partial charge in [-0.1, -0.05) is 28.1 Å². The lowest BCUT2D eigenvalue weighted by molar-refractivity contribution is -0.118. The van der Waals surface area contributed by atoms with Gasteiger partial charge in [0.1, 0.15) is 5.75 Å². The molecule has 0 radical (unpaired) electrons. The van der Waals surface area contributed by atoms with Crippen LogP contribution in [0, 0.1) is 0 Å². The fourth-order valence-electron chi connectivity index (χ4n) is 1.25. The molecule has 1 aromatic rings. The molecule has 0 unspecified atom stereocenters. The monoisotopic (exact) mass is 337 g/mol. The van der Waals surface area contributed by atoms with E-state index in [4.69, 9.17) is 9.79 Å². The Labute approximate surface area is 113 Å². The topological polar surface area (TPSA) is 95.9 Å². The molecule has 0 aliphatic carbocycles. The van der Waals surface area contributed by atoms with E-state index in [0.29, 0.717) is 13.0 Å². The summed E-state index contributed by atoms with van der Waals surface area (Å²) >= 11 is 3.04. The van der Waals surface area contributed by atoms with Gasteiger partial charge in [0.15, 0.2) is 0 Å². The number of carbonyl (C=O) groups excluding carboxylic acids is 1. The van der Waals surface area contributed by atoms with Crippen LogP contribution in [-0.2, 0) is 15.8 Å². The number of hydrogen-bond acceptors (Lipinski definition) is 3. The summed E-state index contributed by atoms with van der Waals surface area (Å²) in [5.41, 5.74) is 0.933. The van der Waals surface area contributed by atoms with Gasteiger partial charge in [0.2, 0.25) is 5.91 Å². The first-order valence-electron chi connectivity index (χ1n) is 5.07. The highest BCUT2D eigenvalue weighted by Crippen LogP contribution is 2.37. The summed E-state index contributed by atoms with van der Waals surface area (Å²) in [7, 11) is -4.50. The van der Waals surface area contributed by atoms with Crippen molar-refractivity contribution in [2.75, 3.05) is 11.9 Å². The smallest absolute Gasteiger partial charge is 0.404 e. The molecule has 1 rings (SSSR count). The summed E-state index contributed by atoms with van der Waals surface area (Å²) in [6.45, 7) is 0.503. The maximum atomic E-state index is 10.9. The lowest BCUT2D eigenvalue weighted by Gasteiger charge is -2.07. The van der Waals surface area contributed by atoms with E-state index in [9.17, 15) is 9.36 Å². The van der Waals surface area contributed by atoms with Gasteiger partial charge in [-0.3, -0.25) is 14.6 Å². The van der Waals surface area contributed by atoms with Gasteiger partial charge in [-0.25, -0.2) is 4.57 Å². The molecular weight excluding hydrogens is 325 g/mol. The quantitative estimate of drug-likeness (QED) is 0.535. The molecule has 3 N–H and O–H groups in total. The molecule has 0 saturated carbocycles. The van der Waals surface area contributed by atoms with E-state index in [1.807, 2.05) is 0 Å². The molecule has 0 bridgehead atoms. The number of amides is 1. The zero-order valence-electron chi connectivity index (χ0n) is 9.38. The standard InChI is InChI=1S/C10H13BrNO5P/c11-7-10(13)12-6-5-8-1-3-9(4-2-8)17-18(14,15)16/h1-4H,5-7H2,(H,12,13)(H2,14,15,16). The minimum Gasteiger partial charge on any atom is -0.404 e. The summed E-state index contributed by atoms with van der Waals surface area (Å²) < 4.78 is 15.0. The average Bonchev–Trinajstić information content (AvgIpc) is 2.29. The van der Waals surface area contributed by atoms with Crippen molar-refractivity contribution >= 4 is 29.7 Å². The van der Waals surface area contributed by atoms with Crippen LogP contribution in [0.4, 0.5) is 0 Å². The van der Waals surface area contributed by atoms with E-state index in [1.54, 1.807) is 12.1 Å². The summed E-state index contributed by atoms with van der Waals surface area (Å²) in [6.07, 6.45) is 0.634. The van der Waals surface area contributed by atoms with E-state index >= 15 is 0 Å². The van der Waals surface area contributed by atoms with Gasteiger partial charge in [0.25, 0.3) is 0 Å². The van der Waals surface area contributed by atoms with Crippen molar-refractivity contribution in [2.45, 2.75) is 6.42 Å². The first kappa shape index (κ1) is 15.2. The van der Waals surface area contributed by atoms with E-state index < -0.39 is 7.82 Å². The molecule has 18 heavy (non-hydrogen) atoms. The molecule has 8 heteroatoms. The van der Waals surface area contributed by atoms with Crippen LogP contribution in [-0.4, -0.2) is 27.6 Å². The Morgan fingerprint density at radius 1 is 1.33 bits per heavy atom. The van der Waals surface area contributed by atoms with Crippen LogP contribution in [0.1, 0.15) is 5.56 Å². The molecule has 0 aliphatic heterocycles. The fourth-order valence-corrected chi connectivity index (χ4v) is 1.84. The number of rotatable bonds is 6. The van der Waals surface area contributed by atoms with Crippen molar-refractivity contribution in [3.63, 3.8) is 0 Å². The summed E-state index contributed by atoms with van der Waals surface area (Å²) in [5.74, 6) is 0.0213. The number of alkyl halides is 1. The zero-order valence-corrected chi connectivity index (χ0v) is 11.9. The number of nitrogens with one attached hydrogen (secondary N) is 1. The molecule has 0 aliphatic rings. The van der Waals surface area contributed by atoms with Crippen LogP contribution in [0.25, 0.3) is 0 Å². The highest BCUT2D eigenvalue weighted by atomic mass is 79.9. The van der Waals surface area contributed by atoms with Crippen molar-refractivity contribution in [1.29, 1.82) is 0 Å². The van der Waals surface area contributed by atoms with E-state index in [-0.39, 0.29) is 17.0 Å². The van der Waals surface area contributed by atoms with Gasteiger partial charge in [0.05, 0.1) is 5.33 Å². The van der Waals surface area contributed by atoms with Crippen LogP contribution in [0.3, 0.4) is 0 Å². The Hall–Kier alpha value is -0.880. The maximum absolute atomic E-state index is 10.9. The molecule has 0 fully saturated rings. The van der Waals surface area contributed by atoms with E-state index in [1.165, 1.54) is 12.1 Å². The largest absolute Gasteiger partial charge is 0.524 e. The lowest BCUT2D eigenvalue weighted by Crippen LogP contribution is -2.26. The zero-order chi connectivity index (χ0) is 13.6. The number of benzene rings is 1. The Kier molecular flexibility index (Phi) is 5.81. The second-order valence-electron chi connectivity index (χ2n) is 3.46. The minimum absolute atomic E-state index is 0.0866. The van der Waals surface area contributed by atoms with Gasteiger partial charge in [-0.05, 0) is 24.1 Å². The summed E-state index contributed by atoms with van der Waals surface area (Å²) in [6, 6.07) is 6.32. The first-order chi connectivity index (χ1) is 8.40. The van der Waals surface area contributed by atoms with Gasteiger partial charge in [0, 0.05) is 6.54 Å². The Bertz CT molecular complexity index is 444. The Morgan fingerprint density at radius 2 is 1.94 bits per heavy atom. The van der Waals surface area contributed by atoms with Crippen molar-refractivity contribution in [1.82, 2.24) is 5.32 Å². The number of phosphoric ester groups is 1. The lowest BCUT2D eigenvalue weighted by atomic mass is 10.1. The molecule has 0 atom stereocenters.